The number of aromatic nitrogens is 3. The lowest BCUT2D eigenvalue weighted by Crippen LogP contribution is -2.54. The van der Waals surface area contributed by atoms with E-state index in [-0.39, 0.29) is 77.3 Å². The molecule has 2 N–H and O–H groups in total. The number of fused-ring (bicyclic) bond motifs is 3. The Morgan fingerprint density at radius 2 is 1.92 bits per heavy atom. The van der Waals surface area contributed by atoms with E-state index in [1.165, 1.54) is 4.90 Å². The Hall–Kier alpha value is -4.25. The molecular formula is C32H30F7N7O2S. The van der Waals surface area contributed by atoms with Crippen LogP contribution in [0.1, 0.15) is 31.7 Å². The third-order valence-corrected chi connectivity index (χ3v) is 10.5. The molecule has 9 nitrogen and oxygen atoms in total. The fourth-order valence-electron chi connectivity index (χ4n) is 7.43. The zero-order valence-electron chi connectivity index (χ0n) is 26.1. The van der Waals surface area contributed by atoms with E-state index in [0.29, 0.717) is 24.3 Å². The highest BCUT2D eigenvalue weighted by Gasteiger charge is 2.49. The smallest absolute Gasteiger partial charge is 0.417 e. The summed E-state index contributed by atoms with van der Waals surface area (Å²) in [5, 5.41) is -0.424. The Morgan fingerprint density at radius 1 is 1.14 bits per heavy atom. The average Bonchev–Trinajstić information content (AvgIpc) is 3.71. The number of amides is 1. The van der Waals surface area contributed by atoms with Crippen LogP contribution in [0.2, 0.25) is 0 Å². The van der Waals surface area contributed by atoms with Gasteiger partial charge in [0.05, 0.1) is 21.3 Å². The topological polar surface area (TPSA) is 101 Å². The van der Waals surface area contributed by atoms with E-state index < -0.39 is 63.9 Å². The molecule has 0 saturated carbocycles. The summed E-state index contributed by atoms with van der Waals surface area (Å²) in [6.45, 7) is 5.51. The van der Waals surface area contributed by atoms with Gasteiger partial charge >= 0.3 is 12.2 Å². The summed E-state index contributed by atoms with van der Waals surface area (Å²) in [6, 6.07) is 1.67. The molecule has 3 fully saturated rings. The van der Waals surface area contributed by atoms with E-state index in [4.69, 9.17) is 10.5 Å². The number of carbonyl (C=O) groups excluding carboxylic acids is 1. The number of benzene rings is 2. The molecule has 0 aliphatic carbocycles. The van der Waals surface area contributed by atoms with Crippen LogP contribution in [0.15, 0.2) is 30.6 Å². The first-order valence-corrected chi connectivity index (χ1v) is 16.4. The lowest BCUT2D eigenvalue weighted by atomic mass is 9.94. The van der Waals surface area contributed by atoms with Gasteiger partial charge in [0.15, 0.2) is 16.8 Å². The summed E-state index contributed by atoms with van der Waals surface area (Å²) in [6.07, 6.45) is -4.49. The summed E-state index contributed by atoms with van der Waals surface area (Å²) in [7, 11) is 0. The van der Waals surface area contributed by atoms with Crippen LogP contribution in [0.4, 0.5) is 41.7 Å². The van der Waals surface area contributed by atoms with Crippen molar-refractivity contribution in [2.75, 3.05) is 50.0 Å². The van der Waals surface area contributed by atoms with Crippen LogP contribution >= 0.6 is 11.3 Å². The normalized spacial score (nSPS) is 23.1. The molecule has 0 radical (unpaired) electrons. The first kappa shape index (κ1) is 33.3. The maximum absolute atomic E-state index is 16.9. The SMILES string of the molecule is C=C(F)C(=O)N1CCN(c2nc(OC[C@]34CCCN3C[C@H](F)C4)nc3c(F)c(-c4ccc(F)c5sc(N)nc45)c(C(F)(F)F)cc23)C[C@H]1C. The number of nitrogen functional groups attached to an aromatic ring is 1. The molecule has 0 unspecified atom stereocenters. The van der Waals surface area contributed by atoms with Crippen molar-refractivity contribution in [1.82, 2.24) is 24.8 Å². The molecule has 260 valence electrons. The quantitative estimate of drug-likeness (QED) is 0.185. The second kappa shape index (κ2) is 12.0. The largest absolute Gasteiger partial charge is 0.461 e. The van der Waals surface area contributed by atoms with E-state index in [2.05, 4.69) is 21.5 Å². The van der Waals surface area contributed by atoms with Gasteiger partial charge in [-0.1, -0.05) is 17.9 Å². The summed E-state index contributed by atoms with van der Waals surface area (Å²) < 4.78 is 110. The van der Waals surface area contributed by atoms with Gasteiger partial charge in [-0.3, -0.25) is 9.69 Å². The van der Waals surface area contributed by atoms with E-state index >= 15 is 4.39 Å². The minimum absolute atomic E-state index is 0.00241. The van der Waals surface area contributed by atoms with Crippen molar-refractivity contribution in [3.05, 3.63) is 47.8 Å². The molecular weight excluding hydrogens is 679 g/mol. The second-order valence-corrected chi connectivity index (χ2v) is 13.8. The Balaban J connectivity index is 1.40. The van der Waals surface area contributed by atoms with Crippen LogP contribution in [-0.4, -0.2) is 87.7 Å². The molecule has 17 heteroatoms. The number of rotatable bonds is 6. The fourth-order valence-corrected chi connectivity index (χ4v) is 8.20. The van der Waals surface area contributed by atoms with Crippen molar-refractivity contribution in [3.63, 3.8) is 0 Å². The van der Waals surface area contributed by atoms with Gasteiger partial charge in [-0.2, -0.15) is 23.1 Å². The fraction of sp³-hybridized carbons (Fsp3) is 0.438. The lowest BCUT2D eigenvalue weighted by Gasteiger charge is -2.40. The van der Waals surface area contributed by atoms with Crippen molar-refractivity contribution < 1.29 is 40.3 Å². The predicted octanol–water partition coefficient (Wildman–Crippen LogP) is 6.26. The van der Waals surface area contributed by atoms with E-state index in [0.717, 1.165) is 24.6 Å². The van der Waals surface area contributed by atoms with Crippen LogP contribution in [0.3, 0.4) is 0 Å². The highest BCUT2D eigenvalue weighted by molar-refractivity contribution is 7.22. The molecule has 0 bridgehead atoms. The average molecular weight is 710 g/mol. The van der Waals surface area contributed by atoms with Crippen molar-refractivity contribution in [3.8, 4) is 17.1 Å². The second-order valence-electron chi connectivity index (χ2n) is 12.7. The number of hydrogen-bond acceptors (Lipinski definition) is 9. The van der Waals surface area contributed by atoms with Crippen LogP contribution < -0.4 is 15.4 Å². The van der Waals surface area contributed by atoms with Gasteiger partial charge in [-0.15, -0.1) is 0 Å². The summed E-state index contributed by atoms with van der Waals surface area (Å²) in [5.74, 6) is -4.35. The Labute approximate surface area is 279 Å². The van der Waals surface area contributed by atoms with Gasteiger partial charge in [-0.05, 0) is 44.5 Å². The summed E-state index contributed by atoms with van der Waals surface area (Å²) in [5.41, 5.74) is 1.74. The number of anilines is 2. The van der Waals surface area contributed by atoms with E-state index in [1.807, 2.05) is 4.90 Å². The Bertz CT molecular complexity index is 2010. The van der Waals surface area contributed by atoms with Crippen molar-refractivity contribution >= 4 is 49.3 Å². The van der Waals surface area contributed by atoms with Crippen LogP contribution in [0.5, 0.6) is 6.01 Å². The standard InChI is InChI=1S/C32H30F7N7O2S/c1-15-12-44(8-9-46(15)28(47)16(2)33)27-19-10-20(32(37,38)39)22(18-4-5-21(35)26-25(18)41-29(40)49-26)23(36)24(19)42-30(43-27)48-14-31-6-3-7-45(31)13-17(34)11-31/h4-5,10,15,17H,2-3,6-9,11-14H2,1H3,(H2,40,41)/t15-,17-,31-/m1/s1. The van der Waals surface area contributed by atoms with E-state index in [9.17, 15) is 31.1 Å². The number of nitrogens with two attached hydrogens (primary N) is 1. The number of ether oxygens (including phenoxy) is 1. The monoisotopic (exact) mass is 709 g/mol. The third-order valence-electron chi connectivity index (χ3n) is 9.63. The minimum Gasteiger partial charge on any atom is -0.461 e. The molecule has 3 saturated heterocycles. The van der Waals surface area contributed by atoms with Crippen LogP contribution in [-0.2, 0) is 11.0 Å². The van der Waals surface area contributed by atoms with Crippen molar-refractivity contribution in [1.29, 1.82) is 0 Å². The maximum atomic E-state index is 16.9. The molecule has 49 heavy (non-hydrogen) atoms. The number of alkyl halides is 4. The summed E-state index contributed by atoms with van der Waals surface area (Å²) >= 11 is 0.712. The number of piperazine rings is 1. The highest BCUT2D eigenvalue weighted by Crippen LogP contribution is 2.46. The van der Waals surface area contributed by atoms with Crippen LogP contribution in [0, 0.1) is 11.6 Å². The number of carbonyl (C=O) groups is 1. The zero-order chi connectivity index (χ0) is 35.0. The zero-order valence-corrected chi connectivity index (χ0v) is 26.9. The first-order chi connectivity index (χ1) is 23.2. The highest BCUT2D eigenvalue weighted by atomic mass is 32.1. The number of hydrogen-bond donors (Lipinski definition) is 1. The van der Waals surface area contributed by atoms with Gasteiger partial charge in [0, 0.05) is 55.2 Å². The molecule has 4 aromatic rings. The number of halogens is 7. The van der Waals surface area contributed by atoms with Gasteiger partial charge in [-0.25, -0.2) is 22.5 Å². The molecule has 5 heterocycles. The molecule has 3 aliphatic heterocycles. The molecule has 0 spiro atoms. The van der Waals surface area contributed by atoms with Crippen molar-refractivity contribution in [2.24, 2.45) is 0 Å². The maximum Gasteiger partial charge on any atom is 0.417 e. The molecule has 2 aromatic carbocycles. The first-order valence-electron chi connectivity index (χ1n) is 15.6. The third kappa shape index (κ3) is 5.69. The number of nitrogens with zero attached hydrogens (tertiary/aromatic N) is 6. The van der Waals surface area contributed by atoms with Gasteiger partial charge in [0.25, 0.3) is 5.91 Å². The lowest BCUT2D eigenvalue weighted by molar-refractivity contribution is -0.137. The van der Waals surface area contributed by atoms with Gasteiger partial charge in [0.1, 0.15) is 29.9 Å². The molecule has 3 aliphatic rings. The molecule has 7 rings (SSSR count). The predicted molar refractivity (Wildman–Crippen MR) is 170 cm³/mol. The minimum atomic E-state index is -5.10. The Kier molecular flexibility index (Phi) is 8.12. The van der Waals surface area contributed by atoms with E-state index in [1.54, 1.807) is 11.8 Å². The van der Waals surface area contributed by atoms with Gasteiger partial charge < -0.3 is 20.3 Å². The van der Waals surface area contributed by atoms with Crippen molar-refractivity contribution in [2.45, 2.75) is 50.1 Å². The number of thiazole rings is 1. The molecule has 3 atom stereocenters. The molecule has 1 amide bonds. The van der Waals surface area contributed by atoms with Crippen LogP contribution in [0.25, 0.3) is 32.2 Å². The Morgan fingerprint density at radius 3 is 2.63 bits per heavy atom. The summed E-state index contributed by atoms with van der Waals surface area (Å²) in [4.78, 5) is 29.9. The van der Waals surface area contributed by atoms with Gasteiger partial charge in [0.2, 0.25) is 0 Å². The molecule has 2 aromatic heterocycles.